The molecule has 0 unspecified atom stereocenters. The summed E-state index contributed by atoms with van der Waals surface area (Å²) in [7, 11) is 5.15. The van der Waals surface area contributed by atoms with Gasteiger partial charge >= 0.3 is 6.01 Å². The van der Waals surface area contributed by atoms with Gasteiger partial charge in [-0.25, -0.2) is 0 Å². The van der Waals surface area contributed by atoms with E-state index in [1.165, 1.54) is 7.11 Å². The van der Waals surface area contributed by atoms with Crippen molar-refractivity contribution in [2.24, 2.45) is 0 Å². The summed E-state index contributed by atoms with van der Waals surface area (Å²) < 4.78 is 5.07. The number of amides is 1. The Kier molecular flexibility index (Phi) is 5.10. The standard InChI is InChI=1S/C16H21N5O2/c1-10-6-7-12(11(2)8-10)14(22)17-9-13-18-15(21(3)4)20-16(19-13)23-5/h6-8H,9H2,1-5H3,(H,17,22). The first-order chi connectivity index (χ1) is 10.9. The summed E-state index contributed by atoms with van der Waals surface area (Å²) in [6.07, 6.45) is 0. The van der Waals surface area contributed by atoms with Crippen molar-refractivity contribution >= 4 is 11.9 Å². The van der Waals surface area contributed by atoms with Gasteiger partial charge in [0.1, 0.15) is 0 Å². The Labute approximate surface area is 135 Å². The Morgan fingerprint density at radius 2 is 1.96 bits per heavy atom. The predicted octanol–water partition coefficient (Wildman–Crippen LogP) is 1.49. The highest BCUT2D eigenvalue weighted by molar-refractivity contribution is 5.95. The van der Waals surface area contributed by atoms with Gasteiger partial charge in [0.05, 0.1) is 13.7 Å². The van der Waals surface area contributed by atoms with Crippen LogP contribution in [0.1, 0.15) is 27.3 Å². The van der Waals surface area contributed by atoms with Crippen molar-refractivity contribution in [2.45, 2.75) is 20.4 Å². The summed E-state index contributed by atoms with van der Waals surface area (Å²) >= 11 is 0. The molecule has 1 N–H and O–H groups in total. The first-order valence-corrected chi connectivity index (χ1v) is 7.22. The van der Waals surface area contributed by atoms with Crippen molar-refractivity contribution in [3.8, 4) is 6.01 Å². The normalized spacial score (nSPS) is 10.3. The van der Waals surface area contributed by atoms with Crippen LogP contribution < -0.4 is 15.0 Å². The Hall–Kier alpha value is -2.70. The summed E-state index contributed by atoms with van der Waals surface area (Å²) in [6, 6.07) is 5.93. The van der Waals surface area contributed by atoms with E-state index in [9.17, 15) is 4.79 Å². The molecule has 1 heterocycles. The molecule has 0 aliphatic rings. The van der Waals surface area contributed by atoms with E-state index in [-0.39, 0.29) is 18.5 Å². The Bertz CT molecular complexity index is 716. The van der Waals surface area contributed by atoms with E-state index in [4.69, 9.17) is 4.74 Å². The molecule has 0 saturated heterocycles. The van der Waals surface area contributed by atoms with Crippen molar-refractivity contribution in [3.05, 3.63) is 40.7 Å². The zero-order valence-electron chi connectivity index (χ0n) is 14.0. The van der Waals surface area contributed by atoms with Gasteiger partial charge in [0.15, 0.2) is 5.82 Å². The van der Waals surface area contributed by atoms with E-state index >= 15 is 0 Å². The summed E-state index contributed by atoms with van der Waals surface area (Å²) in [5, 5.41) is 2.83. The van der Waals surface area contributed by atoms with Crippen LogP contribution in [0.3, 0.4) is 0 Å². The summed E-state index contributed by atoms with van der Waals surface area (Å²) in [5.41, 5.74) is 2.70. The average molecular weight is 315 g/mol. The minimum Gasteiger partial charge on any atom is -0.467 e. The maximum absolute atomic E-state index is 12.3. The molecular formula is C16H21N5O2. The van der Waals surface area contributed by atoms with Crippen molar-refractivity contribution in [1.82, 2.24) is 20.3 Å². The number of carbonyl (C=O) groups excluding carboxylic acids is 1. The molecule has 0 radical (unpaired) electrons. The van der Waals surface area contributed by atoms with Crippen molar-refractivity contribution in [1.29, 1.82) is 0 Å². The number of hydrogen-bond acceptors (Lipinski definition) is 6. The quantitative estimate of drug-likeness (QED) is 0.900. The second-order valence-electron chi connectivity index (χ2n) is 5.43. The molecule has 0 aliphatic heterocycles. The van der Waals surface area contributed by atoms with Gasteiger partial charge in [0.25, 0.3) is 5.91 Å². The second kappa shape index (κ2) is 7.04. The first kappa shape index (κ1) is 16.7. The number of aryl methyl sites for hydroxylation is 2. The molecule has 0 spiro atoms. The number of hydrogen-bond donors (Lipinski definition) is 1. The number of aromatic nitrogens is 3. The molecule has 0 bridgehead atoms. The third kappa shape index (κ3) is 4.15. The Morgan fingerprint density at radius 3 is 2.57 bits per heavy atom. The number of nitrogens with one attached hydrogen (secondary N) is 1. The van der Waals surface area contributed by atoms with Crippen LogP contribution in [-0.2, 0) is 6.54 Å². The number of ether oxygens (including phenoxy) is 1. The van der Waals surface area contributed by atoms with E-state index in [0.717, 1.165) is 11.1 Å². The van der Waals surface area contributed by atoms with E-state index in [1.54, 1.807) is 4.90 Å². The van der Waals surface area contributed by atoms with Crippen molar-refractivity contribution in [3.63, 3.8) is 0 Å². The third-order valence-electron chi connectivity index (χ3n) is 3.27. The number of methoxy groups -OCH3 is 1. The highest BCUT2D eigenvalue weighted by Gasteiger charge is 2.12. The van der Waals surface area contributed by atoms with Gasteiger partial charge in [-0.15, -0.1) is 0 Å². The molecule has 7 heteroatoms. The van der Waals surface area contributed by atoms with E-state index in [0.29, 0.717) is 17.3 Å². The van der Waals surface area contributed by atoms with E-state index in [1.807, 2.05) is 46.1 Å². The van der Waals surface area contributed by atoms with Gasteiger partial charge in [-0.3, -0.25) is 4.79 Å². The SMILES string of the molecule is COc1nc(CNC(=O)c2ccc(C)cc2C)nc(N(C)C)n1. The smallest absolute Gasteiger partial charge is 0.321 e. The second-order valence-corrected chi connectivity index (χ2v) is 5.43. The highest BCUT2D eigenvalue weighted by atomic mass is 16.5. The minimum absolute atomic E-state index is 0.159. The van der Waals surface area contributed by atoms with Gasteiger partial charge in [-0.2, -0.15) is 15.0 Å². The number of anilines is 1. The lowest BCUT2D eigenvalue weighted by Crippen LogP contribution is -2.25. The maximum atomic E-state index is 12.3. The van der Waals surface area contributed by atoms with Gasteiger partial charge in [0.2, 0.25) is 5.95 Å². The van der Waals surface area contributed by atoms with E-state index < -0.39 is 0 Å². The molecule has 0 atom stereocenters. The fraction of sp³-hybridized carbons (Fsp3) is 0.375. The van der Waals surface area contributed by atoms with Crippen LogP contribution in [0.2, 0.25) is 0 Å². The highest BCUT2D eigenvalue weighted by Crippen LogP contribution is 2.12. The molecule has 1 aromatic carbocycles. The number of benzene rings is 1. The van der Waals surface area contributed by atoms with Gasteiger partial charge < -0.3 is 15.0 Å². The van der Waals surface area contributed by atoms with Gasteiger partial charge in [-0.1, -0.05) is 17.7 Å². The topological polar surface area (TPSA) is 80.2 Å². The molecule has 1 amide bonds. The van der Waals surface area contributed by atoms with E-state index in [2.05, 4.69) is 20.3 Å². The van der Waals surface area contributed by atoms with Crippen LogP contribution in [0.25, 0.3) is 0 Å². The lowest BCUT2D eigenvalue weighted by Gasteiger charge is -2.12. The molecule has 2 rings (SSSR count). The molecule has 0 aliphatic carbocycles. The summed E-state index contributed by atoms with van der Waals surface area (Å²) in [6.45, 7) is 4.11. The summed E-state index contributed by atoms with van der Waals surface area (Å²) in [4.78, 5) is 26.6. The van der Waals surface area contributed by atoms with Crippen molar-refractivity contribution < 1.29 is 9.53 Å². The monoisotopic (exact) mass is 315 g/mol. The maximum Gasteiger partial charge on any atom is 0.321 e. The zero-order chi connectivity index (χ0) is 17.0. The van der Waals surface area contributed by atoms with Crippen molar-refractivity contribution in [2.75, 3.05) is 26.1 Å². The van der Waals surface area contributed by atoms with Gasteiger partial charge in [-0.05, 0) is 25.5 Å². The first-order valence-electron chi connectivity index (χ1n) is 7.22. The fourth-order valence-electron chi connectivity index (χ4n) is 2.08. The molecule has 0 saturated carbocycles. The molecule has 7 nitrogen and oxygen atoms in total. The lowest BCUT2D eigenvalue weighted by molar-refractivity contribution is 0.0949. The Balaban J connectivity index is 2.13. The number of rotatable bonds is 5. The minimum atomic E-state index is -0.159. The molecular weight excluding hydrogens is 294 g/mol. The molecule has 2 aromatic rings. The zero-order valence-corrected chi connectivity index (χ0v) is 14.0. The Morgan fingerprint density at radius 1 is 1.22 bits per heavy atom. The van der Waals surface area contributed by atoms with Crippen LogP contribution in [-0.4, -0.2) is 42.1 Å². The summed E-state index contributed by atoms with van der Waals surface area (Å²) in [5.74, 6) is 0.763. The van der Waals surface area contributed by atoms with Gasteiger partial charge in [0, 0.05) is 19.7 Å². The average Bonchev–Trinajstić information content (AvgIpc) is 2.52. The predicted molar refractivity (Wildman–Crippen MR) is 87.8 cm³/mol. The van der Waals surface area contributed by atoms with Crippen LogP contribution >= 0.6 is 0 Å². The molecule has 0 fully saturated rings. The third-order valence-corrected chi connectivity index (χ3v) is 3.27. The number of nitrogens with zero attached hydrogens (tertiary/aromatic N) is 4. The number of carbonyl (C=O) groups is 1. The molecule has 23 heavy (non-hydrogen) atoms. The molecule has 122 valence electrons. The lowest BCUT2D eigenvalue weighted by atomic mass is 10.1. The molecule has 1 aromatic heterocycles. The van der Waals surface area contributed by atoms with Crippen LogP contribution in [0.4, 0.5) is 5.95 Å². The van der Waals surface area contributed by atoms with Crippen LogP contribution in [0.5, 0.6) is 6.01 Å². The largest absolute Gasteiger partial charge is 0.467 e. The van der Waals surface area contributed by atoms with Crippen LogP contribution in [0.15, 0.2) is 18.2 Å². The van der Waals surface area contributed by atoms with Crippen LogP contribution in [0, 0.1) is 13.8 Å². The fourth-order valence-corrected chi connectivity index (χ4v) is 2.08.